The predicted octanol–water partition coefficient (Wildman–Crippen LogP) is 3.83. The molecule has 0 bridgehead atoms. The summed E-state index contributed by atoms with van der Waals surface area (Å²) in [5.74, 6) is 3.81. The molecule has 0 aliphatic heterocycles. The summed E-state index contributed by atoms with van der Waals surface area (Å²) in [6, 6.07) is 21.6. The van der Waals surface area contributed by atoms with Gasteiger partial charge >= 0.3 is 0 Å². The molecule has 1 nitrogen and oxygen atoms in total. The minimum atomic E-state index is -2.38. The molecule has 0 saturated heterocycles. The van der Waals surface area contributed by atoms with Gasteiger partial charge in [-0.05, 0) is 27.8 Å². The Hall–Kier alpha value is -1.82. The Kier molecular flexibility index (Phi) is 4.67. The van der Waals surface area contributed by atoms with Crippen molar-refractivity contribution in [2.24, 2.45) is 11.8 Å². The fourth-order valence-corrected chi connectivity index (χ4v) is 8.25. The summed E-state index contributed by atoms with van der Waals surface area (Å²) in [7, 11) is -2.38. The van der Waals surface area contributed by atoms with E-state index >= 15 is 0 Å². The van der Waals surface area contributed by atoms with Crippen LogP contribution in [0.1, 0.15) is 27.2 Å². The van der Waals surface area contributed by atoms with Crippen LogP contribution in [0.5, 0.6) is 0 Å². The second-order valence-corrected chi connectivity index (χ2v) is 12.0. The largest absolute Gasteiger partial charge is 0.407 e. The smallest absolute Gasteiger partial charge is 0.261 e. The van der Waals surface area contributed by atoms with Gasteiger partial charge in [0, 0.05) is 12.5 Å². The maximum absolute atomic E-state index is 6.87. The average Bonchev–Trinajstić information content (AvgIpc) is 3.35. The summed E-state index contributed by atoms with van der Waals surface area (Å²) in [5.41, 5.74) is 0. The molecule has 0 spiro atoms. The molecule has 0 amide bonds. The minimum absolute atomic E-state index is 0.0379. The molecule has 2 aromatic rings. The van der Waals surface area contributed by atoms with Crippen molar-refractivity contribution < 1.29 is 4.43 Å². The summed E-state index contributed by atoms with van der Waals surface area (Å²) in [5, 5.41) is 2.71. The highest BCUT2D eigenvalue weighted by atomic mass is 28.4. The molecule has 1 aliphatic rings. The zero-order valence-electron chi connectivity index (χ0n) is 14.8. The molecule has 0 radical (unpaired) electrons. The molecule has 24 heavy (non-hydrogen) atoms. The molecule has 0 aromatic heterocycles. The lowest BCUT2D eigenvalue weighted by Gasteiger charge is -2.43. The second kappa shape index (κ2) is 6.59. The molecule has 2 heteroatoms. The normalized spacial score (nSPS) is 20.4. The van der Waals surface area contributed by atoms with Crippen molar-refractivity contribution in [2.75, 3.05) is 6.61 Å². The zero-order valence-corrected chi connectivity index (χ0v) is 15.8. The van der Waals surface area contributed by atoms with E-state index in [1.807, 2.05) is 0 Å². The van der Waals surface area contributed by atoms with Crippen LogP contribution in [-0.2, 0) is 4.43 Å². The highest BCUT2D eigenvalue weighted by molar-refractivity contribution is 6.99. The number of hydrogen-bond acceptors (Lipinski definition) is 1. The van der Waals surface area contributed by atoms with Crippen LogP contribution in [0.25, 0.3) is 0 Å². The van der Waals surface area contributed by atoms with Gasteiger partial charge in [0.15, 0.2) is 0 Å². The third-order valence-electron chi connectivity index (χ3n) is 5.07. The molecule has 124 valence electrons. The second-order valence-electron chi connectivity index (χ2n) is 7.74. The predicted molar refractivity (Wildman–Crippen MR) is 104 cm³/mol. The van der Waals surface area contributed by atoms with E-state index in [-0.39, 0.29) is 5.04 Å². The van der Waals surface area contributed by atoms with Crippen molar-refractivity contribution in [1.29, 1.82) is 0 Å². The third kappa shape index (κ3) is 3.07. The number of terminal acetylenes is 1. The van der Waals surface area contributed by atoms with Gasteiger partial charge in [-0.15, -0.1) is 12.3 Å². The fraction of sp³-hybridized carbons (Fsp3) is 0.364. The number of hydrogen-bond donors (Lipinski definition) is 0. The first-order valence-electron chi connectivity index (χ1n) is 8.70. The quantitative estimate of drug-likeness (QED) is 0.596. The molecule has 0 N–H and O–H groups in total. The Labute approximate surface area is 147 Å². The highest BCUT2D eigenvalue weighted by Gasteiger charge is 2.51. The Balaban J connectivity index is 2.06. The van der Waals surface area contributed by atoms with Crippen molar-refractivity contribution in [3.8, 4) is 12.3 Å². The Bertz CT molecular complexity index is 670. The molecule has 2 atom stereocenters. The molecule has 2 aromatic carbocycles. The molecule has 1 aliphatic carbocycles. The van der Waals surface area contributed by atoms with Crippen LogP contribution >= 0.6 is 0 Å². The van der Waals surface area contributed by atoms with E-state index in [1.54, 1.807) is 0 Å². The van der Waals surface area contributed by atoms with Gasteiger partial charge in [0.25, 0.3) is 8.32 Å². The SMILES string of the molecule is C#C[C@@H]1C[C@@H]1CO[Si](c1ccccc1)(c1ccccc1)C(C)(C)C. The highest BCUT2D eigenvalue weighted by Crippen LogP contribution is 2.41. The topological polar surface area (TPSA) is 9.23 Å². The lowest BCUT2D eigenvalue weighted by molar-refractivity contribution is 0.278. The maximum Gasteiger partial charge on any atom is 0.261 e. The molecule has 1 saturated carbocycles. The van der Waals surface area contributed by atoms with Crippen LogP contribution in [0.3, 0.4) is 0 Å². The number of benzene rings is 2. The van der Waals surface area contributed by atoms with Crippen LogP contribution < -0.4 is 10.4 Å². The van der Waals surface area contributed by atoms with Crippen LogP contribution in [0.4, 0.5) is 0 Å². The summed E-state index contributed by atoms with van der Waals surface area (Å²) >= 11 is 0. The molecular weight excluding hydrogens is 308 g/mol. The van der Waals surface area contributed by atoms with E-state index in [9.17, 15) is 0 Å². The Morgan fingerprint density at radius 1 is 1.00 bits per heavy atom. The summed E-state index contributed by atoms with van der Waals surface area (Å²) in [6.07, 6.45) is 6.68. The van der Waals surface area contributed by atoms with Gasteiger partial charge < -0.3 is 4.43 Å². The average molecular weight is 335 g/mol. The van der Waals surface area contributed by atoms with Gasteiger partial charge in [-0.1, -0.05) is 81.4 Å². The Morgan fingerprint density at radius 2 is 1.50 bits per heavy atom. The minimum Gasteiger partial charge on any atom is -0.407 e. The maximum atomic E-state index is 6.87. The monoisotopic (exact) mass is 334 g/mol. The first kappa shape index (κ1) is 17.0. The molecule has 3 rings (SSSR count). The third-order valence-corrected chi connectivity index (χ3v) is 10.1. The van der Waals surface area contributed by atoms with Gasteiger partial charge in [-0.2, -0.15) is 0 Å². The first-order chi connectivity index (χ1) is 11.5. The van der Waals surface area contributed by atoms with Crippen molar-refractivity contribution in [1.82, 2.24) is 0 Å². The van der Waals surface area contributed by atoms with Crippen LogP contribution in [0.15, 0.2) is 60.7 Å². The zero-order chi connectivity index (χ0) is 17.2. The molecule has 0 heterocycles. The van der Waals surface area contributed by atoms with Gasteiger partial charge in [-0.3, -0.25) is 0 Å². The summed E-state index contributed by atoms with van der Waals surface area (Å²) in [6.45, 7) is 7.70. The molecule has 1 fully saturated rings. The van der Waals surface area contributed by atoms with Crippen LogP contribution in [0.2, 0.25) is 5.04 Å². The van der Waals surface area contributed by atoms with Crippen LogP contribution in [-0.4, -0.2) is 14.9 Å². The van der Waals surface area contributed by atoms with Crippen molar-refractivity contribution >= 4 is 18.7 Å². The van der Waals surface area contributed by atoms with Gasteiger partial charge in [0.05, 0.1) is 0 Å². The van der Waals surface area contributed by atoms with Crippen molar-refractivity contribution in [3.05, 3.63) is 60.7 Å². The molecular formula is C22H26OSi. The lowest BCUT2D eigenvalue weighted by Crippen LogP contribution is -2.66. The van der Waals surface area contributed by atoms with Gasteiger partial charge in [0.2, 0.25) is 0 Å². The van der Waals surface area contributed by atoms with Gasteiger partial charge in [0.1, 0.15) is 0 Å². The Morgan fingerprint density at radius 3 is 1.88 bits per heavy atom. The number of rotatable bonds is 5. The standard InChI is InChI=1S/C22H26OSi/c1-5-18-16-19(18)17-23-24(22(2,3)4,20-12-8-6-9-13-20)21-14-10-7-11-15-21/h1,6-15,18-19H,16-17H2,2-4H3/t18-,19-/m1/s1. The lowest BCUT2D eigenvalue weighted by atomic mass is 10.2. The van der Waals surface area contributed by atoms with Crippen LogP contribution in [0, 0.1) is 24.2 Å². The molecule has 0 unspecified atom stereocenters. The van der Waals surface area contributed by atoms with E-state index in [0.29, 0.717) is 11.8 Å². The van der Waals surface area contributed by atoms with Crippen molar-refractivity contribution in [2.45, 2.75) is 32.2 Å². The summed E-state index contributed by atoms with van der Waals surface area (Å²) < 4.78 is 6.87. The van der Waals surface area contributed by atoms with Crippen molar-refractivity contribution in [3.63, 3.8) is 0 Å². The van der Waals surface area contributed by atoms with E-state index < -0.39 is 8.32 Å². The first-order valence-corrected chi connectivity index (χ1v) is 10.6. The van der Waals surface area contributed by atoms with E-state index in [1.165, 1.54) is 10.4 Å². The van der Waals surface area contributed by atoms with Gasteiger partial charge in [-0.25, -0.2) is 0 Å². The van der Waals surface area contributed by atoms with E-state index in [2.05, 4.69) is 87.4 Å². The van der Waals surface area contributed by atoms with E-state index in [0.717, 1.165) is 13.0 Å². The summed E-state index contributed by atoms with van der Waals surface area (Å²) in [4.78, 5) is 0. The fourth-order valence-electron chi connectivity index (χ4n) is 3.63. The van der Waals surface area contributed by atoms with E-state index in [4.69, 9.17) is 10.8 Å².